The summed E-state index contributed by atoms with van der Waals surface area (Å²) in [5.41, 5.74) is 3.59. The number of rotatable bonds is 5. The highest BCUT2D eigenvalue weighted by Crippen LogP contribution is 2.32. The summed E-state index contributed by atoms with van der Waals surface area (Å²) in [6.07, 6.45) is 0. The van der Waals surface area contributed by atoms with E-state index in [1.807, 2.05) is 12.1 Å². The van der Waals surface area contributed by atoms with Gasteiger partial charge in [-0.2, -0.15) is 0 Å². The van der Waals surface area contributed by atoms with Gasteiger partial charge in [0.1, 0.15) is 5.75 Å². The minimum absolute atomic E-state index is 0.145. The molecule has 0 saturated heterocycles. The highest BCUT2D eigenvalue weighted by atomic mass is 79.9. The molecule has 0 fully saturated rings. The molecule has 1 N–H and O–H groups in total. The molecule has 0 heterocycles. The van der Waals surface area contributed by atoms with Crippen LogP contribution < -0.4 is 10.1 Å². The van der Waals surface area contributed by atoms with E-state index < -0.39 is 0 Å². The molecule has 0 aliphatic rings. The van der Waals surface area contributed by atoms with Gasteiger partial charge in [0.2, 0.25) is 0 Å². The van der Waals surface area contributed by atoms with E-state index in [1.54, 1.807) is 7.11 Å². The molecule has 1 unspecified atom stereocenters. The number of hydrogen-bond donors (Lipinski definition) is 1. The summed E-state index contributed by atoms with van der Waals surface area (Å²) < 4.78 is 7.53. The molecule has 112 valence electrons. The lowest BCUT2D eigenvalue weighted by Gasteiger charge is -2.21. The van der Waals surface area contributed by atoms with Gasteiger partial charge in [0, 0.05) is 8.95 Å². The molecule has 2 rings (SSSR count). The molecule has 0 aliphatic carbocycles. The Morgan fingerprint density at radius 1 is 1.14 bits per heavy atom. The van der Waals surface area contributed by atoms with Crippen LogP contribution in [0.15, 0.2) is 45.3 Å². The summed E-state index contributed by atoms with van der Waals surface area (Å²) >= 11 is 7.22. The lowest BCUT2D eigenvalue weighted by Crippen LogP contribution is -2.22. The van der Waals surface area contributed by atoms with E-state index in [0.29, 0.717) is 0 Å². The van der Waals surface area contributed by atoms with Crippen LogP contribution in [0, 0.1) is 6.92 Å². The normalized spacial score (nSPS) is 12.2. The average Bonchev–Trinajstić information content (AvgIpc) is 2.47. The van der Waals surface area contributed by atoms with Crippen LogP contribution in [0.4, 0.5) is 0 Å². The molecule has 2 nitrogen and oxygen atoms in total. The van der Waals surface area contributed by atoms with Crippen LogP contribution in [0.1, 0.15) is 29.7 Å². The van der Waals surface area contributed by atoms with Crippen molar-refractivity contribution < 1.29 is 4.74 Å². The topological polar surface area (TPSA) is 21.3 Å². The Morgan fingerprint density at radius 2 is 1.90 bits per heavy atom. The number of hydrogen-bond acceptors (Lipinski definition) is 2. The van der Waals surface area contributed by atoms with E-state index in [4.69, 9.17) is 4.74 Å². The van der Waals surface area contributed by atoms with Crippen molar-refractivity contribution in [1.29, 1.82) is 0 Å². The molecule has 21 heavy (non-hydrogen) atoms. The molecule has 0 amide bonds. The van der Waals surface area contributed by atoms with E-state index in [-0.39, 0.29) is 6.04 Å². The van der Waals surface area contributed by atoms with Crippen molar-refractivity contribution in [1.82, 2.24) is 5.32 Å². The minimum atomic E-state index is 0.145. The molecule has 1 atom stereocenters. The number of ether oxygens (including phenoxy) is 1. The average molecular weight is 413 g/mol. The van der Waals surface area contributed by atoms with Crippen LogP contribution in [0.2, 0.25) is 0 Å². The zero-order valence-electron chi connectivity index (χ0n) is 12.4. The van der Waals surface area contributed by atoms with Crippen molar-refractivity contribution in [2.24, 2.45) is 0 Å². The summed E-state index contributed by atoms with van der Waals surface area (Å²) in [6, 6.07) is 12.7. The monoisotopic (exact) mass is 411 g/mol. The first-order valence-electron chi connectivity index (χ1n) is 6.89. The molecule has 0 spiro atoms. The van der Waals surface area contributed by atoms with Gasteiger partial charge in [0.15, 0.2) is 0 Å². The van der Waals surface area contributed by atoms with Crippen molar-refractivity contribution in [2.45, 2.75) is 19.9 Å². The Bertz CT molecular complexity index is 628. The third-order valence-electron chi connectivity index (χ3n) is 3.43. The summed E-state index contributed by atoms with van der Waals surface area (Å²) in [5.74, 6) is 0.919. The van der Waals surface area contributed by atoms with Crippen LogP contribution in [0.3, 0.4) is 0 Å². The quantitative estimate of drug-likeness (QED) is 0.725. The lowest BCUT2D eigenvalue weighted by atomic mass is 9.97. The van der Waals surface area contributed by atoms with Gasteiger partial charge in [0.05, 0.1) is 13.2 Å². The van der Waals surface area contributed by atoms with Crippen molar-refractivity contribution >= 4 is 31.9 Å². The zero-order valence-corrected chi connectivity index (χ0v) is 15.6. The van der Waals surface area contributed by atoms with Gasteiger partial charge in [-0.25, -0.2) is 0 Å². The predicted molar refractivity (Wildman–Crippen MR) is 95.1 cm³/mol. The first kappa shape index (κ1) is 16.5. The Hall–Kier alpha value is -0.840. The maximum atomic E-state index is 5.35. The Kier molecular flexibility index (Phi) is 5.85. The van der Waals surface area contributed by atoms with Crippen LogP contribution >= 0.6 is 31.9 Å². The smallest absolute Gasteiger partial charge is 0.121 e. The molecule has 0 aliphatic heterocycles. The lowest BCUT2D eigenvalue weighted by molar-refractivity contribution is 0.411. The second kappa shape index (κ2) is 7.43. The first-order valence-corrected chi connectivity index (χ1v) is 8.48. The molecular formula is C17H19Br2NO. The third kappa shape index (κ3) is 3.87. The molecule has 0 saturated carbocycles. The van der Waals surface area contributed by atoms with Gasteiger partial charge in [-0.15, -0.1) is 0 Å². The molecule has 0 bridgehead atoms. The van der Waals surface area contributed by atoms with E-state index in [1.165, 1.54) is 11.1 Å². The Morgan fingerprint density at radius 3 is 2.52 bits per heavy atom. The van der Waals surface area contributed by atoms with Crippen molar-refractivity contribution in [3.8, 4) is 5.75 Å². The molecule has 4 heteroatoms. The van der Waals surface area contributed by atoms with Crippen LogP contribution in [0.5, 0.6) is 5.75 Å². The third-order valence-corrected chi connectivity index (χ3v) is 4.64. The fourth-order valence-corrected chi connectivity index (χ4v) is 3.28. The fraction of sp³-hybridized carbons (Fsp3) is 0.294. The number of halogens is 2. The number of aryl methyl sites for hydroxylation is 1. The van der Waals surface area contributed by atoms with Crippen molar-refractivity contribution in [2.75, 3.05) is 13.7 Å². The molecule has 2 aromatic carbocycles. The summed E-state index contributed by atoms with van der Waals surface area (Å²) in [6.45, 7) is 5.09. The first-order chi connectivity index (χ1) is 10.1. The van der Waals surface area contributed by atoms with Crippen LogP contribution in [-0.2, 0) is 0 Å². The van der Waals surface area contributed by atoms with E-state index in [9.17, 15) is 0 Å². The Balaban J connectivity index is 2.48. The van der Waals surface area contributed by atoms with Gasteiger partial charge < -0.3 is 10.1 Å². The zero-order chi connectivity index (χ0) is 15.4. The van der Waals surface area contributed by atoms with Crippen LogP contribution in [0.25, 0.3) is 0 Å². The summed E-state index contributed by atoms with van der Waals surface area (Å²) in [4.78, 5) is 0. The molecule has 0 radical (unpaired) electrons. The standard InChI is InChI=1S/C17H19Br2NO/c1-4-20-17(14-10-13(18)6-7-15(14)19)12-5-8-16(21-3)11(2)9-12/h5-10,17,20H,4H2,1-3H3. The number of benzene rings is 2. The van der Waals surface area contributed by atoms with Gasteiger partial charge in [0.25, 0.3) is 0 Å². The van der Waals surface area contributed by atoms with E-state index in [0.717, 1.165) is 26.8 Å². The number of nitrogens with one attached hydrogen (secondary N) is 1. The number of methoxy groups -OCH3 is 1. The summed E-state index contributed by atoms with van der Waals surface area (Å²) in [5, 5.41) is 3.56. The Labute approximate surface area is 143 Å². The molecule has 0 aromatic heterocycles. The fourth-order valence-electron chi connectivity index (χ4n) is 2.43. The van der Waals surface area contributed by atoms with Gasteiger partial charge in [-0.3, -0.25) is 0 Å². The van der Waals surface area contributed by atoms with E-state index in [2.05, 4.69) is 75.3 Å². The van der Waals surface area contributed by atoms with Gasteiger partial charge in [-0.1, -0.05) is 50.9 Å². The van der Waals surface area contributed by atoms with Gasteiger partial charge in [-0.05, 0) is 54.4 Å². The van der Waals surface area contributed by atoms with Crippen LogP contribution in [-0.4, -0.2) is 13.7 Å². The van der Waals surface area contributed by atoms with Crippen molar-refractivity contribution in [3.63, 3.8) is 0 Å². The highest BCUT2D eigenvalue weighted by Gasteiger charge is 2.17. The summed E-state index contributed by atoms with van der Waals surface area (Å²) in [7, 11) is 1.70. The molecule has 2 aromatic rings. The van der Waals surface area contributed by atoms with Crippen molar-refractivity contribution in [3.05, 3.63) is 62.0 Å². The maximum absolute atomic E-state index is 5.35. The van der Waals surface area contributed by atoms with Gasteiger partial charge >= 0.3 is 0 Å². The maximum Gasteiger partial charge on any atom is 0.121 e. The predicted octanol–water partition coefficient (Wildman–Crippen LogP) is 5.23. The second-order valence-electron chi connectivity index (χ2n) is 4.89. The van der Waals surface area contributed by atoms with E-state index >= 15 is 0 Å². The molecular weight excluding hydrogens is 394 g/mol. The SMILES string of the molecule is CCNC(c1ccc(OC)c(C)c1)c1cc(Br)ccc1Br. The minimum Gasteiger partial charge on any atom is -0.496 e. The highest BCUT2D eigenvalue weighted by molar-refractivity contribution is 9.11. The second-order valence-corrected chi connectivity index (χ2v) is 6.66. The largest absolute Gasteiger partial charge is 0.496 e.